The second-order valence-corrected chi connectivity index (χ2v) is 5.98. The number of nitriles is 1. The van der Waals surface area contributed by atoms with Gasteiger partial charge in [-0.2, -0.15) is 5.26 Å². The number of hydrogen-bond donors (Lipinski definition) is 2. The molecule has 0 aliphatic rings. The van der Waals surface area contributed by atoms with Crippen LogP contribution in [0.15, 0.2) is 60.8 Å². The van der Waals surface area contributed by atoms with Crippen molar-refractivity contribution in [2.24, 2.45) is 0 Å². The van der Waals surface area contributed by atoms with Crippen LogP contribution in [0.5, 0.6) is 0 Å². The number of para-hydroxylation sites is 1. The number of nitro benzene ring substituents is 1. The molecule has 0 fully saturated rings. The summed E-state index contributed by atoms with van der Waals surface area (Å²) in [6.07, 6.45) is 1.82. The van der Waals surface area contributed by atoms with Gasteiger partial charge in [-0.25, -0.2) is 4.98 Å². The molecule has 4 rings (SSSR count). The maximum atomic E-state index is 11.1. The lowest BCUT2D eigenvalue weighted by atomic mass is 9.98. The van der Waals surface area contributed by atoms with Gasteiger partial charge in [0.15, 0.2) is 0 Å². The summed E-state index contributed by atoms with van der Waals surface area (Å²) in [5, 5.41) is 21.6. The first-order valence-corrected chi connectivity index (χ1v) is 8.10. The van der Waals surface area contributed by atoms with Crippen molar-refractivity contribution in [3.05, 3.63) is 76.5 Å². The Labute approximate surface area is 153 Å². The van der Waals surface area contributed by atoms with E-state index in [1.165, 1.54) is 12.1 Å². The maximum Gasteiger partial charge on any atom is 0.270 e. The Morgan fingerprint density at radius 3 is 2.70 bits per heavy atom. The summed E-state index contributed by atoms with van der Waals surface area (Å²) in [5.41, 5.74) is 9.69. The number of nitrogens with zero attached hydrogens (tertiary/aromatic N) is 3. The van der Waals surface area contributed by atoms with E-state index in [0.717, 1.165) is 16.5 Å². The second-order valence-electron chi connectivity index (χ2n) is 5.98. The largest absolute Gasteiger partial charge is 0.383 e. The summed E-state index contributed by atoms with van der Waals surface area (Å²) in [5.74, 6) is 0.0850. The standard InChI is InChI=1S/C20H13N5O2/c21-10-16-15(17-11-23-18-7-2-1-6-14(17)18)9-19(24-20(16)22)12-4-3-5-13(8-12)25(26)27/h1-9,11,23H,(H2,22,24). The zero-order chi connectivity index (χ0) is 19.0. The third-order valence-electron chi connectivity index (χ3n) is 4.39. The van der Waals surface area contributed by atoms with E-state index in [1.54, 1.807) is 18.2 Å². The number of nitrogen functional groups attached to an aromatic ring is 1. The van der Waals surface area contributed by atoms with Gasteiger partial charge in [0.1, 0.15) is 17.5 Å². The number of non-ortho nitro benzene ring substituents is 1. The summed E-state index contributed by atoms with van der Waals surface area (Å²) < 4.78 is 0. The van der Waals surface area contributed by atoms with Gasteiger partial charge in [-0.3, -0.25) is 10.1 Å². The van der Waals surface area contributed by atoms with Crippen molar-refractivity contribution < 1.29 is 4.92 Å². The number of nitrogens with one attached hydrogen (secondary N) is 1. The van der Waals surface area contributed by atoms with Crippen LogP contribution < -0.4 is 5.73 Å². The Balaban J connectivity index is 1.96. The van der Waals surface area contributed by atoms with Crippen LogP contribution >= 0.6 is 0 Å². The van der Waals surface area contributed by atoms with Crippen molar-refractivity contribution in [2.45, 2.75) is 0 Å². The summed E-state index contributed by atoms with van der Waals surface area (Å²) >= 11 is 0. The fraction of sp³-hybridized carbons (Fsp3) is 0. The molecule has 3 N–H and O–H groups in total. The quantitative estimate of drug-likeness (QED) is 0.420. The molecule has 0 saturated carbocycles. The molecule has 0 saturated heterocycles. The number of nitrogens with two attached hydrogens (primary N) is 1. The summed E-state index contributed by atoms with van der Waals surface area (Å²) in [4.78, 5) is 18.1. The number of nitro groups is 1. The predicted molar refractivity (Wildman–Crippen MR) is 103 cm³/mol. The molecule has 7 nitrogen and oxygen atoms in total. The number of fused-ring (bicyclic) bond motifs is 1. The SMILES string of the molecule is N#Cc1c(-c2c[nH]c3ccccc23)cc(-c2cccc([N+](=O)[O-])c2)nc1N. The van der Waals surface area contributed by atoms with Gasteiger partial charge >= 0.3 is 0 Å². The minimum Gasteiger partial charge on any atom is -0.383 e. The first-order valence-electron chi connectivity index (χ1n) is 8.10. The predicted octanol–water partition coefficient (Wildman–Crippen LogP) is 4.26. The number of pyridine rings is 1. The van der Waals surface area contributed by atoms with Crippen LogP contribution in [0.1, 0.15) is 5.56 Å². The van der Waals surface area contributed by atoms with E-state index < -0.39 is 4.92 Å². The molecular weight excluding hydrogens is 342 g/mol. The van der Waals surface area contributed by atoms with Crippen molar-refractivity contribution in [1.82, 2.24) is 9.97 Å². The molecule has 0 aliphatic heterocycles. The van der Waals surface area contributed by atoms with Crippen LogP contribution in [0.2, 0.25) is 0 Å². The Bertz CT molecular complexity index is 1240. The van der Waals surface area contributed by atoms with Crippen molar-refractivity contribution in [3.8, 4) is 28.5 Å². The average molecular weight is 355 g/mol. The van der Waals surface area contributed by atoms with Crippen LogP contribution in [0.25, 0.3) is 33.3 Å². The normalized spacial score (nSPS) is 10.6. The molecule has 2 aromatic carbocycles. The highest BCUT2D eigenvalue weighted by atomic mass is 16.6. The van der Waals surface area contributed by atoms with Gasteiger partial charge in [0.25, 0.3) is 5.69 Å². The minimum absolute atomic E-state index is 0.0362. The topological polar surface area (TPSA) is 122 Å². The van der Waals surface area contributed by atoms with Crippen molar-refractivity contribution in [1.29, 1.82) is 5.26 Å². The monoisotopic (exact) mass is 355 g/mol. The fourth-order valence-electron chi connectivity index (χ4n) is 3.12. The van der Waals surface area contributed by atoms with Crippen LogP contribution in [0.3, 0.4) is 0 Å². The lowest BCUT2D eigenvalue weighted by Gasteiger charge is -2.09. The lowest BCUT2D eigenvalue weighted by molar-refractivity contribution is -0.384. The Morgan fingerprint density at radius 1 is 1.11 bits per heavy atom. The van der Waals surface area contributed by atoms with Gasteiger partial charge in [0.2, 0.25) is 0 Å². The van der Waals surface area contributed by atoms with Crippen molar-refractivity contribution in [3.63, 3.8) is 0 Å². The molecule has 0 amide bonds. The van der Waals surface area contributed by atoms with Crippen LogP contribution in [0, 0.1) is 21.4 Å². The minimum atomic E-state index is -0.461. The zero-order valence-electron chi connectivity index (χ0n) is 14.0. The number of anilines is 1. The molecule has 2 heterocycles. The fourth-order valence-corrected chi connectivity index (χ4v) is 3.12. The highest BCUT2D eigenvalue weighted by molar-refractivity contribution is 5.98. The third kappa shape index (κ3) is 2.75. The molecule has 0 radical (unpaired) electrons. The molecule has 0 spiro atoms. The van der Waals surface area contributed by atoms with E-state index in [1.807, 2.05) is 30.5 Å². The number of aromatic amines is 1. The molecule has 0 unspecified atom stereocenters. The van der Waals surface area contributed by atoms with E-state index in [-0.39, 0.29) is 17.1 Å². The van der Waals surface area contributed by atoms with Gasteiger partial charge in [0.05, 0.1) is 10.6 Å². The summed E-state index contributed by atoms with van der Waals surface area (Å²) in [6.45, 7) is 0. The van der Waals surface area contributed by atoms with E-state index in [4.69, 9.17) is 5.73 Å². The van der Waals surface area contributed by atoms with Crippen molar-refractivity contribution >= 4 is 22.4 Å². The highest BCUT2D eigenvalue weighted by Crippen LogP contribution is 2.35. The van der Waals surface area contributed by atoms with E-state index in [0.29, 0.717) is 16.8 Å². The smallest absolute Gasteiger partial charge is 0.270 e. The lowest BCUT2D eigenvalue weighted by Crippen LogP contribution is -2.00. The summed E-state index contributed by atoms with van der Waals surface area (Å²) in [6, 6.07) is 17.7. The van der Waals surface area contributed by atoms with E-state index >= 15 is 0 Å². The molecule has 0 atom stereocenters. The van der Waals surface area contributed by atoms with Gasteiger partial charge in [0, 0.05) is 45.9 Å². The van der Waals surface area contributed by atoms with Gasteiger partial charge < -0.3 is 10.7 Å². The van der Waals surface area contributed by atoms with Crippen LogP contribution in [0.4, 0.5) is 11.5 Å². The van der Waals surface area contributed by atoms with Gasteiger partial charge in [-0.15, -0.1) is 0 Å². The summed E-state index contributed by atoms with van der Waals surface area (Å²) in [7, 11) is 0. The Kier molecular flexibility index (Phi) is 3.79. The molecule has 130 valence electrons. The number of aromatic nitrogens is 2. The molecular formula is C20H13N5O2. The molecule has 7 heteroatoms. The molecule has 4 aromatic rings. The third-order valence-corrected chi connectivity index (χ3v) is 4.39. The zero-order valence-corrected chi connectivity index (χ0v) is 14.0. The number of H-pyrrole nitrogens is 1. The number of benzene rings is 2. The number of hydrogen-bond acceptors (Lipinski definition) is 5. The Morgan fingerprint density at radius 2 is 1.93 bits per heavy atom. The van der Waals surface area contributed by atoms with Crippen LogP contribution in [-0.4, -0.2) is 14.9 Å². The van der Waals surface area contributed by atoms with Gasteiger partial charge in [-0.05, 0) is 12.1 Å². The average Bonchev–Trinajstić information content (AvgIpc) is 3.11. The molecule has 0 bridgehead atoms. The maximum absolute atomic E-state index is 11.1. The first kappa shape index (κ1) is 16.3. The second kappa shape index (κ2) is 6.28. The molecule has 27 heavy (non-hydrogen) atoms. The number of rotatable bonds is 3. The first-order chi connectivity index (χ1) is 13.1. The van der Waals surface area contributed by atoms with Crippen LogP contribution in [-0.2, 0) is 0 Å². The highest BCUT2D eigenvalue weighted by Gasteiger charge is 2.17. The van der Waals surface area contributed by atoms with E-state index in [9.17, 15) is 15.4 Å². The van der Waals surface area contributed by atoms with Crippen molar-refractivity contribution in [2.75, 3.05) is 5.73 Å². The van der Waals surface area contributed by atoms with E-state index in [2.05, 4.69) is 16.0 Å². The molecule has 2 aromatic heterocycles. The van der Waals surface area contributed by atoms with Gasteiger partial charge in [-0.1, -0.05) is 30.3 Å². The Hall–Kier alpha value is -4.18. The molecule has 0 aliphatic carbocycles.